The molecule has 70 heavy (non-hydrogen) atoms. The summed E-state index contributed by atoms with van der Waals surface area (Å²) in [5, 5.41) is 0. The van der Waals surface area contributed by atoms with E-state index in [2.05, 4.69) is 57.8 Å². The van der Waals surface area contributed by atoms with Gasteiger partial charge < -0.3 is 52.6 Å². The molecule has 0 fully saturated rings. The number of methoxy groups -OCH3 is 7. The van der Waals surface area contributed by atoms with Gasteiger partial charge in [-0.3, -0.25) is 28.8 Å². The summed E-state index contributed by atoms with van der Waals surface area (Å²) >= 11 is 9.94. The minimum Gasteiger partial charge on any atom is -0.481 e. The number of H-pyrrole nitrogens is 2. The molecule has 3 aromatic rings. The van der Waals surface area contributed by atoms with Crippen molar-refractivity contribution >= 4 is 101 Å². The Morgan fingerprint density at radius 3 is 1.53 bits per heavy atom. The van der Waals surface area contributed by atoms with Gasteiger partial charge >= 0.3 is 47.8 Å². The van der Waals surface area contributed by atoms with Gasteiger partial charge in [0.2, 0.25) is 5.90 Å². The summed E-state index contributed by atoms with van der Waals surface area (Å²) in [5.41, 5.74) is 0.532. The Labute approximate surface area is 428 Å². The minimum atomic E-state index is -1.73. The Bertz CT molecular complexity index is 2490. The zero-order valence-corrected chi connectivity index (χ0v) is 44.4. The molecule has 0 saturated heterocycles. The fraction of sp³-hybridized carbons (Fsp3) is 0.468. The number of alkyl halides is 3. The highest BCUT2D eigenvalue weighted by Gasteiger charge is 2.47. The van der Waals surface area contributed by atoms with E-state index in [0.717, 1.165) is 0 Å². The van der Waals surface area contributed by atoms with Gasteiger partial charge in [0.05, 0.1) is 74.6 Å². The molecule has 0 radical (unpaired) electrons. The summed E-state index contributed by atoms with van der Waals surface area (Å²) in [6.07, 6.45) is -2.87. The van der Waals surface area contributed by atoms with Gasteiger partial charge in [-0.15, -0.1) is 0 Å². The fourth-order valence-electron chi connectivity index (χ4n) is 7.93. The summed E-state index contributed by atoms with van der Waals surface area (Å²) in [6.45, 7) is -0.403. The average Bonchev–Trinajstić information content (AvgIpc) is 3.96. The zero-order valence-electron chi connectivity index (χ0n) is 39.6. The molecule has 2 N–H and O–H groups in total. The molecule has 380 valence electrons. The van der Waals surface area contributed by atoms with Crippen molar-refractivity contribution in [2.75, 3.05) is 56.4 Å². The van der Waals surface area contributed by atoms with Gasteiger partial charge in [-0.2, -0.15) is 0 Å². The maximum Gasteiger partial charge on any atom is 0.355 e. The van der Waals surface area contributed by atoms with Gasteiger partial charge in [0.1, 0.15) is 24.6 Å². The smallest absolute Gasteiger partial charge is 0.355 e. The van der Waals surface area contributed by atoms with E-state index < -0.39 is 74.7 Å². The Balaban J connectivity index is 2.14. The standard InChI is InChI=1S/C47H54Br3N3O17/c1-62-35(54)16-13-27-31(20-39(58)66-5)42(44(60)69-24-26-11-9-8-10-12-26)51-33(27)22-46(32(21-40(59)67-6)29(43(53-46)68-7)15-18-37(56)64-3)23-34-30(19-38(57)65-4)28(14-17-36(55)63-2)41(52-34)45(61)70-25-47(48,49)50/h8-12,51-52H,13-25H2,1-7H3. The SMILES string of the molecule is COC(=O)CCC1=C(CC(=O)OC)C(Cc2[nH]c(C(=O)OCC(Br)(Br)Br)c(CCC(=O)OC)c2CC(=O)OC)(Cc2[nH]c(C(=O)OCc3ccccc3)c(CC(=O)OC)c2CCC(=O)OC)N=C1OC. The number of nitrogens with zero attached hydrogens (tertiary/aromatic N) is 1. The summed E-state index contributed by atoms with van der Waals surface area (Å²) < 4.78 is 46.4. The van der Waals surface area contributed by atoms with Crippen molar-refractivity contribution in [2.24, 2.45) is 4.99 Å². The average molecular weight is 1170 g/mol. The van der Waals surface area contributed by atoms with Crippen LogP contribution in [-0.2, 0) is 117 Å². The van der Waals surface area contributed by atoms with E-state index in [1.165, 1.54) is 49.8 Å². The van der Waals surface area contributed by atoms with Crippen LogP contribution < -0.4 is 0 Å². The lowest BCUT2D eigenvalue weighted by Gasteiger charge is -2.30. The van der Waals surface area contributed by atoms with E-state index >= 15 is 0 Å². The van der Waals surface area contributed by atoms with Crippen molar-refractivity contribution in [2.45, 2.75) is 84.9 Å². The van der Waals surface area contributed by atoms with Crippen LogP contribution in [0.5, 0.6) is 0 Å². The number of carbonyl (C=O) groups is 8. The van der Waals surface area contributed by atoms with Gasteiger partial charge in [0.25, 0.3) is 0 Å². The van der Waals surface area contributed by atoms with E-state index in [4.69, 9.17) is 47.6 Å². The molecule has 0 saturated carbocycles. The number of esters is 8. The number of aromatic nitrogens is 2. The highest BCUT2D eigenvalue weighted by Crippen LogP contribution is 2.44. The number of halogens is 3. The second-order valence-electron chi connectivity index (χ2n) is 15.6. The highest BCUT2D eigenvalue weighted by atomic mass is 80.0. The lowest BCUT2D eigenvalue weighted by Crippen LogP contribution is -2.36. The van der Waals surface area contributed by atoms with Crippen LogP contribution in [0.15, 0.2) is 46.5 Å². The van der Waals surface area contributed by atoms with E-state index in [-0.39, 0.29) is 116 Å². The topological polar surface area (TPSA) is 264 Å². The first kappa shape index (κ1) is 56.8. The monoisotopic (exact) mass is 1170 g/mol. The first-order valence-corrected chi connectivity index (χ1v) is 23.8. The number of benzene rings is 1. The number of rotatable bonds is 24. The van der Waals surface area contributed by atoms with Crippen molar-refractivity contribution in [1.82, 2.24) is 9.97 Å². The fourth-order valence-corrected chi connectivity index (χ4v) is 8.28. The number of carbonyl (C=O) groups excluding carboxylic acids is 8. The molecule has 0 aliphatic carbocycles. The lowest BCUT2D eigenvalue weighted by atomic mass is 9.77. The molecule has 3 heterocycles. The molecule has 0 spiro atoms. The van der Waals surface area contributed by atoms with Crippen molar-refractivity contribution in [3.8, 4) is 0 Å². The second-order valence-corrected chi connectivity index (χ2v) is 22.8. The van der Waals surface area contributed by atoms with Gasteiger partial charge in [0, 0.05) is 49.1 Å². The molecular weight excluding hydrogens is 1120 g/mol. The number of aromatic amines is 2. The number of hydrogen-bond donors (Lipinski definition) is 2. The predicted octanol–water partition coefficient (Wildman–Crippen LogP) is 5.73. The molecule has 2 aromatic heterocycles. The lowest BCUT2D eigenvalue weighted by molar-refractivity contribution is -0.141. The summed E-state index contributed by atoms with van der Waals surface area (Å²) in [5.74, 6) is -5.78. The maximum absolute atomic E-state index is 14.2. The van der Waals surface area contributed by atoms with Crippen molar-refractivity contribution in [3.63, 3.8) is 0 Å². The predicted molar refractivity (Wildman–Crippen MR) is 259 cm³/mol. The zero-order chi connectivity index (χ0) is 51.8. The van der Waals surface area contributed by atoms with E-state index in [1.54, 1.807) is 30.3 Å². The van der Waals surface area contributed by atoms with Crippen LogP contribution in [-0.4, -0.2) is 128 Å². The Kier molecular flexibility index (Phi) is 21.4. The molecule has 1 aliphatic rings. The molecule has 20 nitrogen and oxygen atoms in total. The quantitative estimate of drug-likeness (QED) is 0.0616. The number of hydrogen-bond acceptors (Lipinski definition) is 18. The van der Waals surface area contributed by atoms with Crippen LogP contribution in [0.4, 0.5) is 0 Å². The minimum absolute atomic E-state index is 0.00215. The van der Waals surface area contributed by atoms with E-state index in [9.17, 15) is 38.4 Å². The number of aliphatic imine (C=N–C) groups is 1. The van der Waals surface area contributed by atoms with E-state index in [1.807, 2.05) is 0 Å². The van der Waals surface area contributed by atoms with Gasteiger partial charge in [-0.1, -0.05) is 78.1 Å². The molecule has 1 atom stereocenters. The largest absolute Gasteiger partial charge is 0.481 e. The third kappa shape index (κ3) is 15.3. The Hall–Kier alpha value is -5.81. The molecule has 0 amide bonds. The number of ether oxygens (including phenoxy) is 9. The summed E-state index contributed by atoms with van der Waals surface area (Å²) in [7, 11) is 8.49. The summed E-state index contributed by atoms with van der Waals surface area (Å²) in [6, 6.07) is 8.85. The Morgan fingerprint density at radius 2 is 1.01 bits per heavy atom. The van der Waals surface area contributed by atoms with Gasteiger partial charge in [-0.05, 0) is 52.7 Å². The van der Waals surface area contributed by atoms with Crippen LogP contribution in [0.3, 0.4) is 0 Å². The highest BCUT2D eigenvalue weighted by molar-refractivity contribution is 9.39. The van der Waals surface area contributed by atoms with Crippen molar-refractivity contribution in [1.29, 1.82) is 0 Å². The molecule has 1 aromatic carbocycles. The van der Waals surface area contributed by atoms with Crippen molar-refractivity contribution in [3.05, 3.63) is 92.1 Å². The third-order valence-electron chi connectivity index (χ3n) is 11.3. The van der Waals surface area contributed by atoms with E-state index in [0.29, 0.717) is 16.7 Å². The molecule has 1 aliphatic heterocycles. The van der Waals surface area contributed by atoms with Gasteiger partial charge in [-0.25, -0.2) is 14.6 Å². The molecule has 4 rings (SSSR count). The first-order valence-electron chi connectivity index (χ1n) is 21.4. The van der Waals surface area contributed by atoms with Crippen LogP contribution in [0.1, 0.15) is 92.3 Å². The maximum atomic E-state index is 14.2. The normalized spacial score (nSPS) is 14.3. The molecule has 0 bridgehead atoms. The Morgan fingerprint density at radius 1 is 0.557 bits per heavy atom. The number of nitrogens with one attached hydrogen (secondary N) is 2. The third-order valence-corrected chi connectivity index (χ3v) is 12.0. The molecule has 1 unspecified atom stereocenters. The molecule has 23 heteroatoms. The van der Waals surface area contributed by atoms with Crippen LogP contribution >= 0.6 is 47.8 Å². The van der Waals surface area contributed by atoms with Crippen LogP contribution in [0, 0.1) is 0 Å². The summed E-state index contributed by atoms with van der Waals surface area (Å²) in [4.78, 5) is 118. The van der Waals surface area contributed by atoms with Gasteiger partial charge in [0.15, 0.2) is 2.14 Å². The second kappa shape index (κ2) is 26.4. The van der Waals surface area contributed by atoms with Crippen LogP contribution in [0.25, 0.3) is 0 Å². The van der Waals surface area contributed by atoms with Crippen molar-refractivity contribution < 1.29 is 81.0 Å². The van der Waals surface area contributed by atoms with Crippen LogP contribution in [0.2, 0.25) is 0 Å². The molecular formula is C47H54Br3N3O17. The first-order chi connectivity index (χ1) is 33.3.